The van der Waals surface area contributed by atoms with Crippen molar-refractivity contribution in [2.45, 2.75) is 13.3 Å². The second-order valence-corrected chi connectivity index (χ2v) is 5.44. The third kappa shape index (κ3) is 5.11. The zero-order valence-electron chi connectivity index (χ0n) is 15.0. The molecule has 2 rings (SSSR count). The Morgan fingerprint density at radius 2 is 1.73 bits per heavy atom. The molecule has 0 fully saturated rings. The summed E-state index contributed by atoms with van der Waals surface area (Å²) in [5.74, 6) is 0.399. The van der Waals surface area contributed by atoms with Crippen molar-refractivity contribution in [3.63, 3.8) is 0 Å². The summed E-state index contributed by atoms with van der Waals surface area (Å²) in [5, 5.41) is 0. The highest BCUT2D eigenvalue weighted by Gasteiger charge is 2.06. The van der Waals surface area contributed by atoms with Crippen molar-refractivity contribution in [2.75, 3.05) is 14.2 Å². The molecule has 0 bridgehead atoms. The second kappa shape index (κ2) is 9.27. The fourth-order valence-corrected chi connectivity index (χ4v) is 2.25. The number of hydrogen-bond donors (Lipinski definition) is 2. The number of hydrazine groups is 1. The van der Waals surface area contributed by atoms with E-state index in [0.29, 0.717) is 22.6 Å². The molecule has 0 atom stereocenters. The van der Waals surface area contributed by atoms with E-state index in [-0.39, 0.29) is 5.91 Å². The van der Waals surface area contributed by atoms with Gasteiger partial charge in [0.1, 0.15) is 11.5 Å². The lowest BCUT2D eigenvalue weighted by atomic mass is 10.1. The van der Waals surface area contributed by atoms with Crippen molar-refractivity contribution in [3.05, 3.63) is 65.2 Å². The van der Waals surface area contributed by atoms with E-state index in [2.05, 4.69) is 10.9 Å². The van der Waals surface area contributed by atoms with E-state index < -0.39 is 5.91 Å². The lowest BCUT2D eigenvalue weighted by Gasteiger charge is -2.08. The number of nitrogens with one attached hydrogen (secondary N) is 2. The number of rotatable bonds is 6. The van der Waals surface area contributed by atoms with Crippen LogP contribution in [0.1, 0.15) is 28.4 Å². The van der Waals surface area contributed by atoms with Gasteiger partial charge >= 0.3 is 0 Å². The third-order valence-electron chi connectivity index (χ3n) is 3.78. The molecule has 0 heterocycles. The fourth-order valence-electron chi connectivity index (χ4n) is 2.25. The maximum Gasteiger partial charge on any atom is 0.269 e. The van der Waals surface area contributed by atoms with Crippen LogP contribution in [0.3, 0.4) is 0 Å². The topological polar surface area (TPSA) is 76.7 Å². The van der Waals surface area contributed by atoms with E-state index >= 15 is 0 Å². The molecule has 0 aliphatic rings. The number of hydrogen-bond acceptors (Lipinski definition) is 4. The van der Waals surface area contributed by atoms with Crippen LogP contribution < -0.4 is 20.3 Å². The van der Waals surface area contributed by atoms with Gasteiger partial charge in [0, 0.05) is 23.3 Å². The van der Waals surface area contributed by atoms with Gasteiger partial charge in [-0.2, -0.15) is 0 Å². The van der Waals surface area contributed by atoms with Gasteiger partial charge in [-0.3, -0.25) is 20.4 Å². The van der Waals surface area contributed by atoms with Crippen LogP contribution in [0.5, 0.6) is 11.5 Å². The summed E-state index contributed by atoms with van der Waals surface area (Å²) >= 11 is 0. The Morgan fingerprint density at radius 3 is 2.35 bits per heavy atom. The van der Waals surface area contributed by atoms with Crippen molar-refractivity contribution >= 4 is 17.9 Å². The van der Waals surface area contributed by atoms with E-state index in [0.717, 1.165) is 12.0 Å². The maximum atomic E-state index is 12.0. The van der Waals surface area contributed by atoms with Crippen LogP contribution in [0.4, 0.5) is 0 Å². The smallest absolute Gasteiger partial charge is 0.269 e. The third-order valence-corrected chi connectivity index (χ3v) is 3.78. The molecule has 0 radical (unpaired) electrons. The van der Waals surface area contributed by atoms with Crippen molar-refractivity contribution < 1.29 is 19.1 Å². The van der Waals surface area contributed by atoms with Gasteiger partial charge < -0.3 is 9.47 Å². The lowest BCUT2D eigenvalue weighted by molar-refractivity contribution is -0.117. The Morgan fingerprint density at radius 1 is 1.00 bits per heavy atom. The van der Waals surface area contributed by atoms with Gasteiger partial charge in [0.05, 0.1) is 14.2 Å². The van der Waals surface area contributed by atoms with Gasteiger partial charge in [0.25, 0.3) is 11.8 Å². The number of ether oxygens (including phenoxy) is 2. The number of amides is 2. The summed E-state index contributed by atoms with van der Waals surface area (Å²) in [6.45, 7) is 2.04. The molecule has 0 unspecified atom stereocenters. The van der Waals surface area contributed by atoms with Crippen LogP contribution in [0.2, 0.25) is 0 Å². The van der Waals surface area contributed by atoms with Gasteiger partial charge in [-0.1, -0.05) is 19.1 Å². The molecule has 2 N–H and O–H groups in total. The van der Waals surface area contributed by atoms with E-state index in [1.54, 1.807) is 43.5 Å². The second-order valence-electron chi connectivity index (χ2n) is 5.44. The Labute approximate surface area is 152 Å². The van der Waals surface area contributed by atoms with E-state index in [1.807, 2.05) is 19.1 Å². The van der Waals surface area contributed by atoms with Crippen LogP contribution in [-0.4, -0.2) is 26.0 Å². The average Bonchev–Trinajstić information content (AvgIpc) is 2.70. The molecule has 2 aromatic carbocycles. The van der Waals surface area contributed by atoms with E-state index in [4.69, 9.17) is 9.47 Å². The fraction of sp³-hybridized carbons (Fsp3) is 0.200. The molecule has 0 saturated heterocycles. The number of benzene rings is 2. The Hall–Kier alpha value is -3.28. The molecule has 26 heavy (non-hydrogen) atoms. The molecule has 0 saturated carbocycles. The Balaban J connectivity index is 1.93. The van der Waals surface area contributed by atoms with Gasteiger partial charge in [-0.25, -0.2) is 0 Å². The molecular formula is C20H22N2O4. The zero-order valence-corrected chi connectivity index (χ0v) is 15.0. The molecule has 6 nitrogen and oxygen atoms in total. The largest absolute Gasteiger partial charge is 0.497 e. The van der Waals surface area contributed by atoms with Crippen LogP contribution in [0.25, 0.3) is 6.08 Å². The quantitative estimate of drug-likeness (QED) is 0.618. The molecule has 0 aliphatic carbocycles. The molecule has 136 valence electrons. The summed E-state index contributed by atoms with van der Waals surface area (Å²) in [7, 11) is 3.10. The highest BCUT2D eigenvalue weighted by Crippen LogP contribution is 2.25. The van der Waals surface area contributed by atoms with Crippen molar-refractivity contribution in [1.82, 2.24) is 10.9 Å². The highest BCUT2D eigenvalue weighted by molar-refractivity contribution is 5.98. The summed E-state index contributed by atoms with van der Waals surface area (Å²) in [4.78, 5) is 23.9. The lowest BCUT2D eigenvalue weighted by Crippen LogP contribution is -2.40. The molecule has 6 heteroatoms. The van der Waals surface area contributed by atoms with Crippen LogP contribution in [0.15, 0.2) is 48.5 Å². The molecule has 0 aromatic heterocycles. The number of carbonyl (C=O) groups excluding carboxylic acids is 2. The van der Waals surface area contributed by atoms with Gasteiger partial charge in [-0.05, 0) is 42.3 Å². The predicted octanol–water partition coefficient (Wildman–Crippen LogP) is 2.74. The number of aryl methyl sites for hydroxylation is 1. The molecule has 2 amide bonds. The molecule has 0 spiro atoms. The van der Waals surface area contributed by atoms with Gasteiger partial charge in [-0.15, -0.1) is 0 Å². The number of carbonyl (C=O) groups is 2. The molecular weight excluding hydrogens is 332 g/mol. The first-order valence-corrected chi connectivity index (χ1v) is 8.16. The number of methoxy groups -OCH3 is 2. The summed E-state index contributed by atoms with van der Waals surface area (Å²) in [6, 6.07) is 12.5. The Kier molecular flexibility index (Phi) is 6.79. The zero-order chi connectivity index (χ0) is 18.9. The summed E-state index contributed by atoms with van der Waals surface area (Å²) in [6.07, 6.45) is 3.80. The highest BCUT2D eigenvalue weighted by atomic mass is 16.5. The molecule has 0 aliphatic heterocycles. The standard InChI is InChI=1S/C20H22N2O4/c1-4-14-5-7-16(8-6-14)20(24)22-21-19(23)12-10-15-9-11-17(25-2)13-18(15)26-3/h5-13H,4H2,1-3H3,(H,21,23)(H,22,24)/b12-10+. The van der Waals surface area contributed by atoms with Crippen molar-refractivity contribution in [3.8, 4) is 11.5 Å². The molecule has 2 aromatic rings. The van der Waals surface area contributed by atoms with Crippen LogP contribution >= 0.6 is 0 Å². The van der Waals surface area contributed by atoms with Gasteiger partial charge in [0.15, 0.2) is 0 Å². The minimum absolute atomic E-state index is 0.378. The average molecular weight is 354 g/mol. The monoisotopic (exact) mass is 354 g/mol. The van der Waals surface area contributed by atoms with Crippen LogP contribution in [0, 0.1) is 0 Å². The first kappa shape index (κ1) is 19.1. The summed E-state index contributed by atoms with van der Waals surface area (Å²) < 4.78 is 10.4. The van der Waals surface area contributed by atoms with Crippen molar-refractivity contribution in [1.29, 1.82) is 0 Å². The maximum absolute atomic E-state index is 12.0. The normalized spacial score (nSPS) is 10.4. The first-order chi connectivity index (χ1) is 12.6. The van der Waals surface area contributed by atoms with E-state index in [9.17, 15) is 9.59 Å². The van der Waals surface area contributed by atoms with Crippen molar-refractivity contribution in [2.24, 2.45) is 0 Å². The van der Waals surface area contributed by atoms with E-state index in [1.165, 1.54) is 13.2 Å². The summed E-state index contributed by atoms with van der Waals surface area (Å²) in [5.41, 5.74) is 7.06. The minimum atomic E-state index is -0.457. The van der Waals surface area contributed by atoms with Gasteiger partial charge in [0.2, 0.25) is 0 Å². The predicted molar refractivity (Wildman–Crippen MR) is 100 cm³/mol. The van der Waals surface area contributed by atoms with Crippen LogP contribution in [-0.2, 0) is 11.2 Å². The Bertz CT molecular complexity index is 798. The SMILES string of the molecule is CCc1ccc(C(=O)NNC(=O)/C=C/c2ccc(OC)cc2OC)cc1. The minimum Gasteiger partial charge on any atom is -0.497 e. The first-order valence-electron chi connectivity index (χ1n) is 8.16.